The lowest BCUT2D eigenvalue weighted by Gasteiger charge is -2.12. The van der Waals surface area contributed by atoms with Crippen LogP contribution in [0.25, 0.3) is 0 Å². The number of carbonyl (C=O) groups excluding carboxylic acids is 1. The molecular weight excluding hydrogens is 254 g/mol. The summed E-state index contributed by atoms with van der Waals surface area (Å²) < 4.78 is 0. The summed E-state index contributed by atoms with van der Waals surface area (Å²) in [5.41, 5.74) is 0. The van der Waals surface area contributed by atoms with Crippen LogP contribution in [0.3, 0.4) is 0 Å². The minimum absolute atomic E-state index is 0.0519. The Kier molecular flexibility index (Phi) is 12.3. The third kappa shape index (κ3) is 12.0. The van der Waals surface area contributed by atoms with Crippen molar-refractivity contribution in [3.8, 4) is 0 Å². The predicted molar refractivity (Wildman–Crippen MR) is 81.7 cm³/mol. The van der Waals surface area contributed by atoms with Gasteiger partial charge in [-0.2, -0.15) is 0 Å². The van der Waals surface area contributed by atoms with Gasteiger partial charge in [0.05, 0.1) is 5.92 Å². The van der Waals surface area contributed by atoms with Gasteiger partial charge in [0.25, 0.3) is 0 Å². The zero-order valence-electron chi connectivity index (χ0n) is 13.1. The van der Waals surface area contributed by atoms with E-state index in [4.69, 9.17) is 5.11 Å². The van der Waals surface area contributed by atoms with Crippen molar-refractivity contribution in [2.24, 2.45) is 5.92 Å². The van der Waals surface area contributed by atoms with Crippen molar-refractivity contribution in [3.05, 3.63) is 0 Å². The summed E-state index contributed by atoms with van der Waals surface area (Å²) in [6.45, 7) is 4.27. The number of carboxylic acid groups (broad SMARTS) is 1. The molecule has 1 amide bonds. The zero-order valence-corrected chi connectivity index (χ0v) is 13.1. The molecule has 0 aromatic heterocycles. The summed E-state index contributed by atoms with van der Waals surface area (Å²) in [4.78, 5) is 21.9. The van der Waals surface area contributed by atoms with Gasteiger partial charge in [0.2, 0.25) is 5.91 Å². The third-order valence-electron chi connectivity index (χ3n) is 3.61. The Morgan fingerprint density at radius 2 is 1.50 bits per heavy atom. The van der Waals surface area contributed by atoms with Crippen molar-refractivity contribution in [2.75, 3.05) is 6.54 Å². The van der Waals surface area contributed by atoms with Crippen molar-refractivity contribution in [1.82, 2.24) is 5.32 Å². The van der Waals surface area contributed by atoms with Gasteiger partial charge in [-0.05, 0) is 19.3 Å². The van der Waals surface area contributed by atoms with E-state index in [2.05, 4.69) is 12.2 Å². The normalized spacial score (nSPS) is 12.1. The predicted octanol–water partition coefficient (Wildman–Crippen LogP) is 3.74. The van der Waals surface area contributed by atoms with E-state index in [1.807, 2.05) is 0 Å². The Balaban J connectivity index is 3.59. The van der Waals surface area contributed by atoms with Crippen LogP contribution in [-0.2, 0) is 9.59 Å². The van der Waals surface area contributed by atoms with Crippen LogP contribution in [0.5, 0.6) is 0 Å². The second-order valence-electron chi connectivity index (χ2n) is 5.57. The van der Waals surface area contributed by atoms with E-state index in [-0.39, 0.29) is 11.8 Å². The average Bonchev–Trinajstić information content (AvgIpc) is 2.39. The molecule has 4 nitrogen and oxygen atoms in total. The number of aliphatic carboxylic acids is 1. The summed E-state index contributed by atoms with van der Waals surface area (Å²) >= 11 is 0. The molecule has 0 radical (unpaired) electrons. The lowest BCUT2D eigenvalue weighted by atomic mass is 9.95. The van der Waals surface area contributed by atoms with Crippen molar-refractivity contribution in [3.63, 3.8) is 0 Å². The number of carbonyl (C=O) groups is 2. The molecule has 4 heteroatoms. The molecule has 0 heterocycles. The maximum atomic E-state index is 11.1. The number of hydrogen-bond acceptors (Lipinski definition) is 2. The van der Waals surface area contributed by atoms with Crippen LogP contribution in [0.15, 0.2) is 0 Å². The molecule has 0 aliphatic carbocycles. The van der Waals surface area contributed by atoms with Crippen LogP contribution < -0.4 is 5.32 Å². The highest BCUT2D eigenvalue weighted by Crippen LogP contribution is 2.17. The molecule has 1 unspecified atom stereocenters. The lowest BCUT2D eigenvalue weighted by Crippen LogP contribution is -2.22. The van der Waals surface area contributed by atoms with Crippen LogP contribution in [0.2, 0.25) is 0 Å². The summed E-state index contributed by atoms with van der Waals surface area (Å²) in [5.74, 6) is -0.998. The Morgan fingerprint density at radius 3 is 2.05 bits per heavy atom. The van der Waals surface area contributed by atoms with Crippen LogP contribution >= 0.6 is 0 Å². The number of rotatable bonds is 13. The first-order valence-corrected chi connectivity index (χ1v) is 8.05. The van der Waals surface area contributed by atoms with E-state index >= 15 is 0 Å². The topological polar surface area (TPSA) is 66.4 Å². The van der Waals surface area contributed by atoms with E-state index < -0.39 is 5.97 Å². The van der Waals surface area contributed by atoms with E-state index in [0.717, 1.165) is 25.7 Å². The molecule has 20 heavy (non-hydrogen) atoms. The van der Waals surface area contributed by atoms with Gasteiger partial charge in [-0.3, -0.25) is 9.59 Å². The monoisotopic (exact) mass is 285 g/mol. The second-order valence-corrected chi connectivity index (χ2v) is 5.57. The van der Waals surface area contributed by atoms with Gasteiger partial charge in [0.1, 0.15) is 0 Å². The highest BCUT2D eigenvalue weighted by atomic mass is 16.4. The number of nitrogens with one attached hydrogen (secondary N) is 1. The molecule has 0 saturated heterocycles. The maximum absolute atomic E-state index is 11.1. The summed E-state index contributed by atoms with van der Waals surface area (Å²) in [5, 5.41) is 11.9. The molecule has 0 saturated carbocycles. The Morgan fingerprint density at radius 1 is 0.950 bits per heavy atom. The molecular formula is C16H31NO3. The highest BCUT2D eigenvalue weighted by molar-refractivity contribution is 5.72. The smallest absolute Gasteiger partial charge is 0.306 e. The molecule has 1 atom stereocenters. The summed E-state index contributed by atoms with van der Waals surface area (Å²) in [6, 6.07) is 0. The molecule has 0 aliphatic rings. The highest BCUT2D eigenvalue weighted by Gasteiger charge is 2.16. The molecule has 0 fully saturated rings. The third-order valence-corrected chi connectivity index (χ3v) is 3.61. The molecule has 0 aromatic rings. The fraction of sp³-hybridized carbons (Fsp3) is 0.875. The molecule has 2 N–H and O–H groups in total. The van der Waals surface area contributed by atoms with Crippen LogP contribution in [0.4, 0.5) is 0 Å². The molecule has 0 aliphatic heterocycles. The minimum atomic E-state index is -0.696. The first-order chi connectivity index (χ1) is 9.57. The van der Waals surface area contributed by atoms with Crippen molar-refractivity contribution in [1.29, 1.82) is 0 Å². The Bertz CT molecular complexity index is 266. The minimum Gasteiger partial charge on any atom is -0.481 e. The number of amides is 1. The first kappa shape index (κ1) is 18.9. The van der Waals surface area contributed by atoms with Gasteiger partial charge in [-0.25, -0.2) is 0 Å². The van der Waals surface area contributed by atoms with Crippen LogP contribution in [-0.4, -0.2) is 23.5 Å². The summed E-state index contributed by atoms with van der Waals surface area (Å²) in [7, 11) is 0. The summed E-state index contributed by atoms with van der Waals surface area (Å²) in [6.07, 6.45) is 10.7. The lowest BCUT2D eigenvalue weighted by molar-refractivity contribution is -0.142. The van der Waals surface area contributed by atoms with E-state index in [0.29, 0.717) is 13.0 Å². The van der Waals surface area contributed by atoms with Gasteiger partial charge >= 0.3 is 5.97 Å². The number of carboxylic acids is 1. The average molecular weight is 285 g/mol. The Labute approximate surface area is 123 Å². The largest absolute Gasteiger partial charge is 0.481 e. The van der Waals surface area contributed by atoms with Crippen LogP contribution in [0, 0.1) is 5.92 Å². The van der Waals surface area contributed by atoms with E-state index in [1.165, 1.54) is 39.0 Å². The molecule has 0 aromatic carbocycles. The molecule has 0 bridgehead atoms. The molecule has 118 valence electrons. The maximum Gasteiger partial charge on any atom is 0.306 e. The second kappa shape index (κ2) is 12.9. The van der Waals surface area contributed by atoms with Gasteiger partial charge in [-0.1, -0.05) is 51.9 Å². The SMILES string of the molecule is CCCCCCCCCC(CCCNC(C)=O)C(=O)O. The van der Waals surface area contributed by atoms with Crippen LogP contribution in [0.1, 0.15) is 78.1 Å². The Hall–Kier alpha value is -1.06. The number of unbranched alkanes of at least 4 members (excludes halogenated alkanes) is 6. The molecule has 0 rings (SSSR count). The van der Waals surface area contributed by atoms with Crippen molar-refractivity contribution in [2.45, 2.75) is 78.1 Å². The van der Waals surface area contributed by atoms with Crippen molar-refractivity contribution < 1.29 is 14.7 Å². The first-order valence-electron chi connectivity index (χ1n) is 8.05. The van der Waals surface area contributed by atoms with Gasteiger partial charge < -0.3 is 10.4 Å². The fourth-order valence-electron chi connectivity index (χ4n) is 2.35. The van der Waals surface area contributed by atoms with Crippen molar-refractivity contribution >= 4 is 11.9 Å². The zero-order chi connectivity index (χ0) is 15.2. The quantitative estimate of drug-likeness (QED) is 0.506. The van der Waals surface area contributed by atoms with Gasteiger partial charge in [0.15, 0.2) is 0 Å². The molecule has 0 spiro atoms. The standard InChI is InChI=1S/C16H31NO3/c1-3-4-5-6-7-8-9-11-15(16(19)20)12-10-13-17-14(2)18/h15H,3-13H2,1-2H3,(H,17,18)(H,19,20). The fourth-order valence-corrected chi connectivity index (χ4v) is 2.35. The van der Waals surface area contributed by atoms with Gasteiger partial charge in [0, 0.05) is 13.5 Å². The van der Waals surface area contributed by atoms with E-state index in [9.17, 15) is 9.59 Å². The number of hydrogen-bond donors (Lipinski definition) is 2. The van der Waals surface area contributed by atoms with Gasteiger partial charge in [-0.15, -0.1) is 0 Å². The van der Waals surface area contributed by atoms with E-state index in [1.54, 1.807) is 0 Å².